The molecule has 1 saturated heterocycles. The highest BCUT2D eigenvalue weighted by atomic mass is 16.5. The molecule has 0 amide bonds. The summed E-state index contributed by atoms with van der Waals surface area (Å²) in [6, 6.07) is 0. The van der Waals surface area contributed by atoms with Crippen molar-refractivity contribution < 1.29 is 4.74 Å². The SMILES string of the molecule is CCCC(C)(CNCC)CC1CCC(C)O1. The molecule has 1 rings (SSSR count). The molecule has 0 bridgehead atoms. The smallest absolute Gasteiger partial charge is 0.0585 e. The van der Waals surface area contributed by atoms with Crippen molar-refractivity contribution in [1.29, 1.82) is 0 Å². The van der Waals surface area contributed by atoms with Crippen molar-refractivity contribution in [2.75, 3.05) is 13.1 Å². The topological polar surface area (TPSA) is 21.3 Å². The molecule has 1 aliphatic heterocycles. The quantitative estimate of drug-likeness (QED) is 0.720. The first-order chi connectivity index (χ1) is 7.59. The average Bonchev–Trinajstić information content (AvgIpc) is 2.61. The fourth-order valence-electron chi connectivity index (χ4n) is 2.88. The van der Waals surface area contributed by atoms with Crippen LogP contribution < -0.4 is 5.32 Å². The summed E-state index contributed by atoms with van der Waals surface area (Å²) in [7, 11) is 0. The Kier molecular flexibility index (Phi) is 5.77. The van der Waals surface area contributed by atoms with Crippen LogP contribution in [0.15, 0.2) is 0 Å². The van der Waals surface area contributed by atoms with E-state index >= 15 is 0 Å². The third-order valence-corrected chi connectivity index (χ3v) is 3.70. The highest BCUT2D eigenvalue weighted by Crippen LogP contribution is 2.34. The van der Waals surface area contributed by atoms with Gasteiger partial charge in [-0.25, -0.2) is 0 Å². The van der Waals surface area contributed by atoms with Gasteiger partial charge >= 0.3 is 0 Å². The Labute approximate surface area is 101 Å². The summed E-state index contributed by atoms with van der Waals surface area (Å²) in [5, 5.41) is 3.50. The van der Waals surface area contributed by atoms with Crippen molar-refractivity contribution in [2.45, 2.75) is 72.0 Å². The summed E-state index contributed by atoms with van der Waals surface area (Å²) in [5.41, 5.74) is 0.416. The van der Waals surface area contributed by atoms with E-state index in [0.717, 1.165) is 13.1 Å². The minimum absolute atomic E-state index is 0.416. The predicted octanol–water partition coefficient (Wildman–Crippen LogP) is 3.36. The molecule has 2 heteroatoms. The van der Waals surface area contributed by atoms with Crippen molar-refractivity contribution in [2.24, 2.45) is 5.41 Å². The molecule has 0 aliphatic carbocycles. The first kappa shape index (κ1) is 14.0. The van der Waals surface area contributed by atoms with Crippen LogP contribution in [0.3, 0.4) is 0 Å². The molecular formula is C14H29NO. The molecule has 3 atom stereocenters. The molecule has 16 heavy (non-hydrogen) atoms. The highest BCUT2D eigenvalue weighted by molar-refractivity contribution is 4.83. The molecule has 3 unspecified atom stereocenters. The van der Waals surface area contributed by atoms with Gasteiger partial charge in [0.15, 0.2) is 0 Å². The molecule has 0 aromatic rings. The zero-order valence-electron chi connectivity index (χ0n) is 11.5. The van der Waals surface area contributed by atoms with E-state index in [-0.39, 0.29) is 0 Å². The molecule has 1 heterocycles. The summed E-state index contributed by atoms with van der Waals surface area (Å²) < 4.78 is 5.96. The van der Waals surface area contributed by atoms with Crippen LogP contribution in [0.25, 0.3) is 0 Å². The van der Waals surface area contributed by atoms with Gasteiger partial charge in [0, 0.05) is 6.54 Å². The standard InChI is InChI=1S/C14H29NO/c1-5-9-14(4,11-15-6-2)10-13-8-7-12(3)16-13/h12-13,15H,5-11H2,1-4H3. The molecule has 0 aromatic heterocycles. The highest BCUT2D eigenvalue weighted by Gasteiger charge is 2.31. The Balaban J connectivity index is 2.42. The molecule has 96 valence electrons. The molecule has 0 spiro atoms. The van der Waals surface area contributed by atoms with Gasteiger partial charge in [-0.3, -0.25) is 0 Å². The normalized spacial score (nSPS) is 29.2. The summed E-state index contributed by atoms with van der Waals surface area (Å²) in [4.78, 5) is 0. The minimum Gasteiger partial charge on any atom is -0.375 e. The molecule has 2 nitrogen and oxygen atoms in total. The summed E-state index contributed by atoms with van der Waals surface area (Å²) in [6.07, 6.45) is 7.28. The van der Waals surface area contributed by atoms with Crippen molar-refractivity contribution in [3.63, 3.8) is 0 Å². The van der Waals surface area contributed by atoms with E-state index in [1.165, 1.54) is 32.1 Å². The Morgan fingerprint density at radius 3 is 2.56 bits per heavy atom. The Hall–Kier alpha value is -0.0800. The lowest BCUT2D eigenvalue weighted by Crippen LogP contribution is -2.35. The maximum absolute atomic E-state index is 5.96. The molecule has 1 fully saturated rings. The molecular weight excluding hydrogens is 198 g/mol. The van der Waals surface area contributed by atoms with E-state index in [2.05, 4.69) is 33.0 Å². The third kappa shape index (κ3) is 4.42. The van der Waals surface area contributed by atoms with E-state index in [4.69, 9.17) is 4.74 Å². The van der Waals surface area contributed by atoms with Crippen molar-refractivity contribution in [3.05, 3.63) is 0 Å². The van der Waals surface area contributed by atoms with Crippen LogP contribution in [0.2, 0.25) is 0 Å². The average molecular weight is 227 g/mol. The second-order valence-corrected chi connectivity index (χ2v) is 5.69. The van der Waals surface area contributed by atoms with Gasteiger partial charge in [0.2, 0.25) is 0 Å². The number of ether oxygens (including phenoxy) is 1. The van der Waals surface area contributed by atoms with Gasteiger partial charge in [-0.15, -0.1) is 0 Å². The van der Waals surface area contributed by atoms with Crippen molar-refractivity contribution >= 4 is 0 Å². The molecule has 0 aromatic carbocycles. The van der Waals surface area contributed by atoms with Crippen LogP contribution in [0.5, 0.6) is 0 Å². The second kappa shape index (κ2) is 6.61. The lowest BCUT2D eigenvalue weighted by molar-refractivity contribution is 0.0230. The molecule has 1 aliphatic rings. The number of hydrogen-bond acceptors (Lipinski definition) is 2. The van der Waals surface area contributed by atoms with Crippen LogP contribution in [0.4, 0.5) is 0 Å². The van der Waals surface area contributed by atoms with Crippen molar-refractivity contribution in [1.82, 2.24) is 5.32 Å². The van der Waals surface area contributed by atoms with Crippen LogP contribution in [-0.2, 0) is 4.74 Å². The largest absolute Gasteiger partial charge is 0.375 e. The molecule has 0 saturated carbocycles. The van der Waals surface area contributed by atoms with Crippen LogP contribution in [0, 0.1) is 5.41 Å². The number of nitrogens with one attached hydrogen (secondary N) is 1. The Morgan fingerprint density at radius 2 is 2.06 bits per heavy atom. The Morgan fingerprint density at radius 1 is 1.31 bits per heavy atom. The van der Waals surface area contributed by atoms with Gasteiger partial charge in [-0.05, 0) is 44.6 Å². The fourth-order valence-corrected chi connectivity index (χ4v) is 2.88. The maximum atomic E-state index is 5.96. The van der Waals surface area contributed by atoms with E-state index < -0.39 is 0 Å². The van der Waals surface area contributed by atoms with Gasteiger partial charge < -0.3 is 10.1 Å². The maximum Gasteiger partial charge on any atom is 0.0585 e. The van der Waals surface area contributed by atoms with E-state index in [0.29, 0.717) is 17.6 Å². The van der Waals surface area contributed by atoms with Crippen LogP contribution in [-0.4, -0.2) is 25.3 Å². The van der Waals surface area contributed by atoms with Gasteiger partial charge in [-0.2, -0.15) is 0 Å². The lowest BCUT2D eigenvalue weighted by Gasteiger charge is -2.32. The minimum atomic E-state index is 0.416. The lowest BCUT2D eigenvalue weighted by atomic mass is 9.79. The van der Waals surface area contributed by atoms with Crippen molar-refractivity contribution in [3.8, 4) is 0 Å². The van der Waals surface area contributed by atoms with Crippen LogP contribution in [0.1, 0.15) is 59.8 Å². The number of rotatable bonds is 7. The summed E-state index contributed by atoms with van der Waals surface area (Å²) >= 11 is 0. The second-order valence-electron chi connectivity index (χ2n) is 5.69. The zero-order chi connectivity index (χ0) is 12.0. The van der Waals surface area contributed by atoms with E-state index in [1.54, 1.807) is 0 Å². The first-order valence-corrected chi connectivity index (χ1v) is 6.96. The van der Waals surface area contributed by atoms with E-state index in [1.807, 2.05) is 0 Å². The Bertz CT molecular complexity index is 195. The van der Waals surface area contributed by atoms with E-state index in [9.17, 15) is 0 Å². The van der Waals surface area contributed by atoms with Gasteiger partial charge in [0.05, 0.1) is 12.2 Å². The van der Waals surface area contributed by atoms with Gasteiger partial charge in [0.1, 0.15) is 0 Å². The monoisotopic (exact) mass is 227 g/mol. The zero-order valence-corrected chi connectivity index (χ0v) is 11.5. The summed E-state index contributed by atoms with van der Waals surface area (Å²) in [6.45, 7) is 11.3. The fraction of sp³-hybridized carbons (Fsp3) is 1.00. The molecule has 0 radical (unpaired) electrons. The molecule has 1 N–H and O–H groups in total. The van der Waals surface area contributed by atoms with Crippen LogP contribution >= 0.6 is 0 Å². The van der Waals surface area contributed by atoms with Gasteiger partial charge in [0.25, 0.3) is 0 Å². The summed E-state index contributed by atoms with van der Waals surface area (Å²) in [5.74, 6) is 0. The third-order valence-electron chi connectivity index (χ3n) is 3.70. The van der Waals surface area contributed by atoms with Gasteiger partial charge in [-0.1, -0.05) is 27.2 Å². The first-order valence-electron chi connectivity index (χ1n) is 6.96. The predicted molar refractivity (Wildman–Crippen MR) is 69.7 cm³/mol. The number of hydrogen-bond donors (Lipinski definition) is 1.